The van der Waals surface area contributed by atoms with E-state index in [1.165, 1.54) is 0 Å². The number of aliphatic hydroxyl groups excluding tert-OH is 1. The average molecular weight is 322 g/mol. The van der Waals surface area contributed by atoms with Crippen LogP contribution >= 0.6 is 0 Å². The first kappa shape index (κ1) is 16.4. The lowest BCUT2D eigenvalue weighted by molar-refractivity contribution is 0.0586. The molecule has 0 aromatic carbocycles. The van der Waals surface area contributed by atoms with Crippen molar-refractivity contribution < 1.29 is 14.6 Å². The zero-order valence-electron chi connectivity index (χ0n) is 13.9. The zero-order valence-corrected chi connectivity index (χ0v) is 13.9. The van der Waals surface area contributed by atoms with Crippen LogP contribution in [0.2, 0.25) is 0 Å². The number of aliphatic hydroxyl groups is 1. The molecule has 0 bridgehead atoms. The summed E-state index contributed by atoms with van der Waals surface area (Å²) in [4.78, 5) is 14.3. The number of rotatable bonds is 4. The van der Waals surface area contributed by atoms with Crippen molar-refractivity contribution in [2.45, 2.75) is 31.4 Å². The number of piperidine rings is 1. The Bertz CT molecular complexity index is 552. The molecule has 2 aliphatic heterocycles. The number of nitrogens with one attached hydrogen (secondary N) is 1. The maximum Gasteiger partial charge on any atom is 0.254 e. The molecule has 0 aliphatic carbocycles. The highest BCUT2D eigenvalue weighted by Gasteiger charge is 2.34. The summed E-state index contributed by atoms with van der Waals surface area (Å²) in [5.74, 6) is 0.459. The van der Waals surface area contributed by atoms with E-state index in [4.69, 9.17) is 4.74 Å². The Hall–Kier alpha value is -1.44. The first-order valence-electron chi connectivity index (χ1n) is 8.33. The molecule has 3 heterocycles. The third-order valence-electron chi connectivity index (χ3n) is 5.00. The maximum absolute atomic E-state index is 11.9. The average Bonchev–Trinajstić information content (AvgIpc) is 3.13. The number of hydrogen-bond acceptors (Lipinski definition) is 5. The molecule has 2 saturated heterocycles. The van der Waals surface area contributed by atoms with Crippen molar-refractivity contribution >= 4 is 5.91 Å². The maximum atomic E-state index is 11.9. The smallest absolute Gasteiger partial charge is 0.254 e. The van der Waals surface area contributed by atoms with Crippen molar-refractivity contribution in [3.63, 3.8) is 0 Å². The van der Waals surface area contributed by atoms with Crippen LogP contribution in [0.3, 0.4) is 0 Å². The third-order valence-corrected chi connectivity index (χ3v) is 5.00. The van der Waals surface area contributed by atoms with Gasteiger partial charge in [0.2, 0.25) is 0 Å². The molecule has 128 valence electrons. The van der Waals surface area contributed by atoms with Crippen LogP contribution in [0.15, 0.2) is 6.20 Å². The predicted molar refractivity (Wildman–Crippen MR) is 85.2 cm³/mol. The van der Waals surface area contributed by atoms with Gasteiger partial charge in [-0.05, 0) is 38.3 Å². The van der Waals surface area contributed by atoms with E-state index < -0.39 is 0 Å². The Balaban J connectivity index is 1.58. The van der Waals surface area contributed by atoms with Crippen LogP contribution in [0.25, 0.3) is 0 Å². The fraction of sp³-hybridized carbons (Fsp3) is 0.750. The number of amides is 1. The fourth-order valence-electron chi connectivity index (χ4n) is 3.65. The summed E-state index contributed by atoms with van der Waals surface area (Å²) in [6.45, 7) is 3.02. The molecule has 1 aromatic heterocycles. The van der Waals surface area contributed by atoms with E-state index in [1.54, 1.807) is 17.9 Å². The van der Waals surface area contributed by atoms with Crippen molar-refractivity contribution in [1.29, 1.82) is 0 Å². The Kier molecular flexibility index (Phi) is 4.99. The number of nitrogens with zero attached hydrogens (tertiary/aromatic N) is 3. The molecule has 7 heteroatoms. The lowest BCUT2D eigenvalue weighted by Gasteiger charge is -2.36. The van der Waals surface area contributed by atoms with Gasteiger partial charge >= 0.3 is 0 Å². The van der Waals surface area contributed by atoms with Crippen LogP contribution in [-0.2, 0) is 18.2 Å². The normalized spacial score (nSPS) is 26.6. The minimum Gasteiger partial charge on any atom is -0.389 e. The minimum absolute atomic E-state index is 0.0724. The monoisotopic (exact) mass is 322 g/mol. The summed E-state index contributed by atoms with van der Waals surface area (Å²) in [6.07, 6.45) is 4.39. The molecular weight excluding hydrogens is 296 g/mol. The van der Waals surface area contributed by atoms with E-state index in [-0.39, 0.29) is 18.1 Å². The molecule has 3 rings (SSSR count). The largest absolute Gasteiger partial charge is 0.389 e. The second-order valence-corrected chi connectivity index (χ2v) is 6.60. The summed E-state index contributed by atoms with van der Waals surface area (Å²) >= 11 is 0. The molecule has 2 N–H and O–H groups in total. The number of ether oxygens (including phenoxy) is 1. The Morgan fingerprint density at radius 3 is 2.78 bits per heavy atom. The van der Waals surface area contributed by atoms with Gasteiger partial charge in [0.15, 0.2) is 0 Å². The van der Waals surface area contributed by atoms with Crippen LogP contribution < -0.4 is 5.32 Å². The summed E-state index contributed by atoms with van der Waals surface area (Å²) in [7, 11) is 3.49. The SMILES string of the molecule is CNC(=O)c1cn(C)nc1CC1CCN([C@@H]2COC[C@@H]2O)CC1. The summed E-state index contributed by atoms with van der Waals surface area (Å²) in [5, 5.41) is 17.1. The number of aromatic nitrogens is 2. The van der Waals surface area contributed by atoms with Crippen LogP contribution in [0.1, 0.15) is 28.9 Å². The van der Waals surface area contributed by atoms with E-state index in [0.717, 1.165) is 38.0 Å². The van der Waals surface area contributed by atoms with Gasteiger partial charge < -0.3 is 15.2 Å². The molecule has 2 aliphatic rings. The lowest BCUT2D eigenvalue weighted by atomic mass is 9.90. The van der Waals surface area contributed by atoms with E-state index in [0.29, 0.717) is 24.7 Å². The number of aryl methyl sites for hydroxylation is 1. The molecule has 7 nitrogen and oxygen atoms in total. The van der Waals surface area contributed by atoms with Gasteiger partial charge in [0.05, 0.1) is 36.6 Å². The van der Waals surface area contributed by atoms with Crippen molar-refractivity contribution in [2.24, 2.45) is 13.0 Å². The molecule has 1 amide bonds. The Morgan fingerprint density at radius 2 is 2.17 bits per heavy atom. The van der Waals surface area contributed by atoms with Gasteiger partial charge in [0.1, 0.15) is 0 Å². The molecular formula is C16H26N4O3. The molecule has 0 spiro atoms. The van der Waals surface area contributed by atoms with E-state index in [9.17, 15) is 9.90 Å². The lowest BCUT2D eigenvalue weighted by Crippen LogP contribution is -2.47. The first-order valence-corrected chi connectivity index (χ1v) is 8.33. The van der Waals surface area contributed by atoms with Gasteiger partial charge in [-0.25, -0.2) is 0 Å². The molecule has 23 heavy (non-hydrogen) atoms. The van der Waals surface area contributed by atoms with Crippen LogP contribution in [0.4, 0.5) is 0 Å². The van der Waals surface area contributed by atoms with Gasteiger partial charge in [0, 0.05) is 20.3 Å². The number of likely N-dealkylation sites (tertiary alicyclic amines) is 1. The van der Waals surface area contributed by atoms with Crippen molar-refractivity contribution in [1.82, 2.24) is 20.0 Å². The van der Waals surface area contributed by atoms with Crippen LogP contribution in [0, 0.1) is 5.92 Å². The predicted octanol–water partition coefficient (Wildman–Crippen LogP) is -0.206. The third kappa shape index (κ3) is 3.57. The van der Waals surface area contributed by atoms with Gasteiger partial charge in [-0.1, -0.05) is 0 Å². The van der Waals surface area contributed by atoms with Gasteiger partial charge in [0.25, 0.3) is 5.91 Å². The van der Waals surface area contributed by atoms with Crippen molar-refractivity contribution in [2.75, 3.05) is 33.4 Å². The zero-order chi connectivity index (χ0) is 16.4. The number of carbonyl (C=O) groups excluding carboxylic acids is 1. The standard InChI is InChI=1S/C16H26N4O3/c1-17-16(22)12-8-19(2)18-13(12)7-11-3-5-20(6-4-11)14-9-23-10-15(14)21/h8,11,14-15,21H,3-7,9-10H2,1-2H3,(H,17,22)/t14-,15+/m1/s1. The molecule has 0 unspecified atom stereocenters. The molecule has 2 atom stereocenters. The van der Waals surface area contributed by atoms with Crippen LogP contribution in [-0.4, -0.2) is 71.2 Å². The van der Waals surface area contributed by atoms with Crippen molar-refractivity contribution in [3.05, 3.63) is 17.5 Å². The minimum atomic E-state index is -0.359. The summed E-state index contributed by atoms with van der Waals surface area (Å²) < 4.78 is 7.06. The van der Waals surface area contributed by atoms with Gasteiger partial charge in [-0.15, -0.1) is 0 Å². The Morgan fingerprint density at radius 1 is 1.43 bits per heavy atom. The molecule has 0 saturated carbocycles. The quantitative estimate of drug-likeness (QED) is 0.802. The Labute approximate surface area is 136 Å². The highest BCUT2D eigenvalue weighted by Crippen LogP contribution is 2.25. The number of hydrogen-bond donors (Lipinski definition) is 2. The van der Waals surface area contributed by atoms with E-state index >= 15 is 0 Å². The topological polar surface area (TPSA) is 79.6 Å². The summed E-state index contributed by atoms with van der Waals surface area (Å²) in [5.41, 5.74) is 1.56. The van der Waals surface area contributed by atoms with Crippen LogP contribution in [0.5, 0.6) is 0 Å². The highest BCUT2D eigenvalue weighted by molar-refractivity contribution is 5.94. The molecule has 0 radical (unpaired) electrons. The van der Waals surface area contributed by atoms with Gasteiger partial charge in [-0.3, -0.25) is 14.4 Å². The highest BCUT2D eigenvalue weighted by atomic mass is 16.5. The molecule has 2 fully saturated rings. The molecule has 1 aromatic rings. The van der Waals surface area contributed by atoms with E-state index in [2.05, 4.69) is 15.3 Å². The van der Waals surface area contributed by atoms with Crippen molar-refractivity contribution in [3.8, 4) is 0 Å². The summed E-state index contributed by atoms with van der Waals surface area (Å²) in [6, 6.07) is 0.146. The first-order chi connectivity index (χ1) is 11.1. The second kappa shape index (κ2) is 6.98. The second-order valence-electron chi connectivity index (χ2n) is 6.60. The number of carbonyl (C=O) groups is 1. The van der Waals surface area contributed by atoms with E-state index in [1.807, 2.05) is 7.05 Å². The van der Waals surface area contributed by atoms with Gasteiger partial charge in [-0.2, -0.15) is 5.10 Å². The fourth-order valence-corrected chi connectivity index (χ4v) is 3.65.